The second-order valence-electron chi connectivity index (χ2n) is 7.03. The molecular weight excluding hydrogens is 351 g/mol. The van der Waals surface area contributed by atoms with Gasteiger partial charge in [0.15, 0.2) is 5.16 Å². The quantitative estimate of drug-likeness (QED) is 0.712. The Hall–Kier alpha value is -1.60. The molecule has 140 valence electrons. The smallest absolute Gasteiger partial charge is 0.228 e. The van der Waals surface area contributed by atoms with Gasteiger partial charge in [0.05, 0.1) is 12.6 Å². The van der Waals surface area contributed by atoms with Gasteiger partial charge in [-0.05, 0) is 50.3 Å². The predicted octanol–water partition coefficient (Wildman–Crippen LogP) is 4.05. The number of thioether (sulfide) groups is 1. The van der Waals surface area contributed by atoms with E-state index in [4.69, 9.17) is 4.74 Å². The first-order chi connectivity index (χ1) is 12.7. The zero-order valence-corrected chi connectivity index (χ0v) is 15.9. The lowest BCUT2D eigenvalue weighted by atomic mass is 10.2. The SMILES string of the molecule is C[C@@H](Sc1nnc(N2CCCC2)n1C[C@@H]1CCCO1)c1ccc(F)cc1. The molecule has 0 bridgehead atoms. The minimum absolute atomic E-state index is 0.175. The van der Waals surface area contributed by atoms with E-state index in [2.05, 4.69) is 26.6 Å². The molecule has 0 radical (unpaired) electrons. The Balaban J connectivity index is 1.56. The molecule has 1 aromatic carbocycles. The van der Waals surface area contributed by atoms with E-state index >= 15 is 0 Å². The second-order valence-corrected chi connectivity index (χ2v) is 8.34. The number of benzene rings is 1. The van der Waals surface area contributed by atoms with Gasteiger partial charge in [0.1, 0.15) is 5.82 Å². The van der Waals surface area contributed by atoms with Gasteiger partial charge in [-0.2, -0.15) is 0 Å². The van der Waals surface area contributed by atoms with Gasteiger partial charge in [-0.3, -0.25) is 4.57 Å². The van der Waals surface area contributed by atoms with Crippen molar-refractivity contribution < 1.29 is 9.13 Å². The Labute approximate surface area is 157 Å². The maximum Gasteiger partial charge on any atom is 0.228 e. The summed E-state index contributed by atoms with van der Waals surface area (Å²) in [5.74, 6) is 0.760. The van der Waals surface area contributed by atoms with E-state index in [0.717, 1.165) is 55.8 Å². The van der Waals surface area contributed by atoms with E-state index in [1.807, 2.05) is 12.1 Å². The highest BCUT2D eigenvalue weighted by molar-refractivity contribution is 7.99. The molecule has 0 N–H and O–H groups in total. The Morgan fingerprint density at radius 2 is 1.96 bits per heavy atom. The maximum atomic E-state index is 13.2. The largest absolute Gasteiger partial charge is 0.376 e. The highest BCUT2D eigenvalue weighted by Gasteiger charge is 2.26. The van der Waals surface area contributed by atoms with E-state index in [1.54, 1.807) is 11.8 Å². The number of rotatable bonds is 6. The molecule has 2 aliphatic rings. The number of ether oxygens (including phenoxy) is 1. The molecular formula is C19H25FN4OS. The molecule has 26 heavy (non-hydrogen) atoms. The van der Waals surface area contributed by atoms with Crippen molar-refractivity contribution in [2.45, 2.75) is 55.7 Å². The molecule has 7 heteroatoms. The maximum absolute atomic E-state index is 13.2. The van der Waals surface area contributed by atoms with Gasteiger partial charge in [-0.1, -0.05) is 23.9 Å². The van der Waals surface area contributed by atoms with E-state index in [9.17, 15) is 4.39 Å². The topological polar surface area (TPSA) is 43.2 Å². The fraction of sp³-hybridized carbons (Fsp3) is 0.579. The molecule has 1 aromatic heterocycles. The van der Waals surface area contributed by atoms with Crippen LogP contribution in [0.3, 0.4) is 0 Å². The van der Waals surface area contributed by atoms with Crippen LogP contribution in [0.4, 0.5) is 10.3 Å². The number of hydrogen-bond donors (Lipinski definition) is 0. The number of anilines is 1. The van der Waals surface area contributed by atoms with Gasteiger partial charge in [-0.25, -0.2) is 4.39 Å². The lowest BCUT2D eigenvalue weighted by Crippen LogP contribution is -2.25. The van der Waals surface area contributed by atoms with Gasteiger partial charge in [-0.15, -0.1) is 10.2 Å². The van der Waals surface area contributed by atoms with Crippen LogP contribution in [0.5, 0.6) is 0 Å². The molecule has 4 rings (SSSR count). The van der Waals surface area contributed by atoms with Crippen LogP contribution >= 0.6 is 11.8 Å². The first-order valence-corrected chi connectivity index (χ1v) is 10.3. The van der Waals surface area contributed by atoms with Gasteiger partial charge in [0.2, 0.25) is 5.95 Å². The van der Waals surface area contributed by atoms with Gasteiger partial charge >= 0.3 is 0 Å². The van der Waals surface area contributed by atoms with Crippen LogP contribution in [0, 0.1) is 5.82 Å². The molecule has 2 aromatic rings. The Morgan fingerprint density at radius 1 is 1.19 bits per heavy atom. The normalized spacial score (nSPS) is 21.5. The third-order valence-corrected chi connectivity index (χ3v) is 6.26. The van der Waals surface area contributed by atoms with Crippen LogP contribution in [0.25, 0.3) is 0 Å². The summed E-state index contributed by atoms with van der Waals surface area (Å²) in [6, 6.07) is 6.71. The Kier molecular flexibility index (Phi) is 5.45. The summed E-state index contributed by atoms with van der Waals surface area (Å²) < 4.78 is 21.3. The standard InChI is InChI=1S/C19H25FN4OS/c1-14(15-6-8-16(20)9-7-15)26-19-22-21-18(23-10-2-3-11-23)24(19)13-17-5-4-12-25-17/h6-9,14,17H,2-5,10-13H2,1H3/t14-,17+/m1/s1. The van der Waals surface area contributed by atoms with Gasteiger partial charge in [0.25, 0.3) is 0 Å². The number of halogens is 1. The average molecular weight is 377 g/mol. The Bertz CT molecular complexity index is 724. The van der Waals surface area contributed by atoms with Crippen molar-refractivity contribution in [2.75, 3.05) is 24.6 Å². The molecule has 0 spiro atoms. The number of hydrogen-bond acceptors (Lipinski definition) is 5. The molecule has 0 amide bonds. The first kappa shape index (κ1) is 17.8. The predicted molar refractivity (Wildman–Crippen MR) is 101 cm³/mol. The van der Waals surface area contributed by atoms with E-state index < -0.39 is 0 Å². The summed E-state index contributed by atoms with van der Waals surface area (Å²) in [5, 5.41) is 10.1. The van der Waals surface area contributed by atoms with E-state index in [1.165, 1.54) is 25.0 Å². The molecule has 2 aliphatic heterocycles. The van der Waals surface area contributed by atoms with Gasteiger partial charge < -0.3 is 9.64 Å². The van der Waals surface area contributed by atoms with E-state index in [-0.39, 0.29) is 17.2 Å². The first-order valence-electron chi connectivity index (χ1n) is 9.42. The van der Waals surface area contributed by atoms with Crippen molar-refractivity contribution in [1.82, 2.24) is 14.8 Å². The molecule has 0 unspecified atom stereocenters. The molecule has 0 saturated carbocycles. The second kappa shape index (κ2) is 7.96. The summed E-state index contributed by atoms with van der Waals surface area (Å²) >= 11 is 1.68. The monoisotopic (exact) mass is 376 g/mol. The minimum atomic E-state index is -0.205. The Morgan fingerprint density at radius 3 is 2.65 bits per heavy atom. The summed E-state index contributed by atoms with van der Waals surface area (Å²) in [4.78, 5) is 2.33. The molecule has 2 saturated heterocycles. The zero-order valence-electron chi connectivity index (χ0n) is 15.1. The molecule has 0 aliphatic carbocycles. The fourth-order valence-electron chi connectivity index (χ4n) is 3.63. The molecule has 5 nitrogen and oxygen atoms in total. The van der Waals surface area contributed by atoms with Crippen LogP contribution in [0.15, 0.2) is 29.4 Å². The molecule has 2 atom stereocenters. The third-order valence-electron chi connectivity index (χ3n) is 5.12. The van der Waals surface area contributed by atoms with Crippen LogP contribution in [-0.4, -0.2) is 40.6 Å². The van der Waals surface area contributed by atoms with Crippen molar-refractivity contribution in [1.29, 1.82) is 0 Å². The van der Waals surface area contributed by atoms with Crippen molar-refractivity contribution in [3.8, 4) is 0 Å². The lowest BCUT2D eigenvalue weighted by molar-refractivity contribution is 0.0952. The lowest BCUT2D eigenvalue weighted by Gasteiger charge is -2.21. The zero-order chi connectivity index (χ0) is 17.9. The van der Waals surface area contributed by atoms with Crippen molar-refractivity contribution in [3.05, 3.63) is 35.6 Å². The van der Waals surface area contributed by atoms with Crippen molar-refractivity contribution in [2.24, 2.45) is 0 Å². The van der Waals surface area contributed by atoms with E-state index in [0.29, 0.717) is 0 Å². The van der Waals surface area contributed by atoms with Crippen LogP contribution < -0.4 is 4.90 Å². The highest BCUT2D eigenvalue weighted by Crippen LogP contribution is 2.36. The molecule has 2 fully saturated rings. The summed E-state index contributed by atoms with van der Waals surface area (Å²) in [7, 11) is 0. The summed E-state index contributed by atoms with van der Waals surface area (Å²) in [6.07, 6.45) is 4.88. The van der Waals surface area contributed by atoms with Crippen molar-refractivity contribution >= 4 is 17.7 Å². The summed E-state index contributed by atoms with van der Waals surface area (Å²) in [6.45, 7) is 5.86. The molecule has 3 heterocycles. The highest BCUT2D eigenvalue weighted by atomic mass is 32.2. The van der Waals surface area contributed by atoms with Gasteiger partial charge in [0, 0.05) is 24.9 Å². The third kappa shape index (κ3) is 3.88. The average Bonchev–Trinajstić information content (AvgIpc) is 3.39. The van der Waals surface area contributed by atoms with Crippen molar-refractivity contribution in [3.63, 3.8) is 0 Å². The number of aromatic nitrogens is 3. The van der Waals surface area contributed by atoms with Crippen LogP contribution in [0.1, 0.15) is 43.4 Å². The minimum Gasteiger partial charge on any atom is -0.376 e. The fourth-order valence-corrected chi connectivity index (χ4v) is 4.61. The summed E-state index contributed by atoms with van der Waals surface area (Å²) in [5.41, 5.74) is 1.09. The van der Waals surface area contributed by atoms with Crippen LogP contribution in [0.2, 0.25) is 0 Å². The number of nitrogens with zero attached hydrogens (tertiary/aromatic N) is 4. The van der Waals surface area contributed by atoms with Crippen LogP contribution in [-0.2, 0) is 11.3 Å².